The second-order valence-corrected chi connectivity index (χ2v) is 9.82. The SMILES string of the molecule is CCCC(=O)N=C1SC2CS(=O)(=O)CC2N1c1ccc(Cl)cc1OC. The van der Waals surface area contributed by atoms with E-state index in [0.29, 0.717) is 34.5 Å². The Morgan fingerprint density at radius 1 is 1.44 bits per heavy atom. The lowest BCUT2D eigenvalue weighted by atomic mass is 10.2. The molecule has 1 aromatic rings. The lowest BCUT2D eigenvalue weighted by Gasteiger charge is -2.26. The molecule has 2 atom stereocenters. The standard InChI is InChI=1S/C16H19ClN2O4S2/c1-3-4-15(20)18-16-19(11-6-5-10(17)7-13(11)23-2)12-8-25(21,22)9-14(12)24-16/h5-7,12,14H,3-4,8-9H2,1-2H3. The van der Waals surface area contributed by atoms with Crippen molar-refractivity contribution in [1.82, 2.24) is 0 Å². The first-order valence-electron chi connectivity index (χ1n) is 7.96. The number of amides is 1. The molecule has 3 rings (SSSR count). The maximum Gasteiger partial charge on any atom is 0.248 e. The lowest BCUT2D eigenvalue weighted by molar-refractivity contribution is -0.117. The lowest BCUT2D eigenvalue weighted by Crippen LogP contribution is -2.38. The highest BCUT2D eigenvalue weighted by atomic mass is 35.5. The number of hydrogen-bond acceptors (Lipinski definition) is 5. The molecule has 1 aromatic carbocycles. The van der Waals surface area contributed by atoms with E-state index in [1.54, 1.807) is 18.2 Å². The molecule has 25 heavy (non-hydrogen) atoms. The first-order valence-corrected chi connectivity index (χ1v) is 11.0. The number of carbonyl (C=O) groups is 1. The third-order valence-corrected chi connectivity index (χ3v) is 7.60. The van der Waals surface area contributed by atoms with Crippen LogP contribution in [0.15, 0.2) is 23.2 Å². The van der Waals surface area contributed by atoms with Gasteiger partial charge in [-0.3, -0.25) is 4.79 Å². The quantitative estimate of drug-likeness (QED) is 0.770. The van der Waals surface area contributed by atoms with Crippen LogP contribution in [0, 0.1) is 0 Å². The minimum atomic E-state index is -3.11. The molecule has 0 aromatic heterocycles. The summed E-state index contributed by atoms with van der Waals surface area (Å²) in [5, 5.41) is 0.908. The van der Waals surface area contributed by atoms with Gasteiger partial charge in [-0.1, -0.05) is 30.3 Å². The molecule has 0 aliphatic carbocycles. The number of halogens is 1. The van der Waals surface area contributed by atoms with Gasteiger partial charge in [0.05, 0.1) is 30.3 Å². The molecule has 1 amide bonds. The van der Waals surface area contributed by atoms with Crippen molar-refractivity contribution >= 4 is 50.0 Å². The van der Waals surface area contributed by atoms with Crippen LogP contribution in [-0.2, 0) is 14.6 Å². The third kappa shape index (κ3) is 3.80. The molecule has 0 saturated carbocycles. The first kappa shape index (κ1) is 18.5. The number of sulfone groups is 1. The van der Waals surface area contributed by atoms with Crippen molar-refractivity contribution < 1.29 is 17.9 Å². The predicted octanol–water partition coefficient (Wildman–Crippen LogP) is 2.75. The van der Waals surface area contributed by atoms with Crippen molar-refractivity contribution in [1.29, 1.82) is 0 Å². The number of aliphatic imine (C=N–C) groups is 1. The van der Waals surface area contributed by atoms with Crippen molar-refractivity contribution in [2.45, 2.75) is 31.1 Å². The maximum atomic E-state index is 12.1. The smallest absolute Gasteiger partial charge is 0.248 e. The van der Waals surface area contributed by atoms with Crippen LogP contribution in [0.5, 0.6) is 5.75 Å². The molecule has 0 radical (unpaired) electrons. The molecule has 2 fully saturated rings. The van der Waals surface area contributed by atoms with Crippen molar-refractivity contribution in [3.8, 4) is 5.75 Å². The number of rotatable bonds is 4. The predicted molar refractivity (Wildman–Crippen MR) is 102 cm³/mol. The Bertz CT molecular complexity index is 825. The number of benzene rings is 1. The highest BCUT2D eigenvalue weighted by molar-refractivity contribution is 8.16. The van der Waals surface area contributed by atoms with E-state index in [-0.39, 0.29) is 28.7 Å². The van der Waals surface area contributed by atoms with E-state index in [1.807, 2.05) is 11.8 Å². The number of amidine groups is 1. The fourth-order valence-corrected chi connectivity index (χ4v) is 7.16. The summed E-state index contributed by atoms with van der Waals surface area (Å²) in [6, 6.07) is 4.89. The monoisotopic (exact) mass is 402 g/mol. The molecular formula is C16H19ClN2O4S2. The summed E-state index contributed by atoms with van der Waals surface area (Å²) < 4.78 is 29.5. The second kappa shape index (κ2) is 7.17. The molecule has 6 nitrogen and oxygen atoms in total. The number of ether oxygens (including phenoxy) is 1. The minimum Gasteiger partial charge on any atom is -0.495 e. The first-order chi connectivity index (χ1) is 11.8. The Balaban J connectivity index is 2.05. The summed E-state index contributed by atoms with van der Waals surface area (Å²) >= 11 is 7.39. The largest absolute Gasteiger partial charge is 0.495 e. The number of thioether (sulfide) groups is 1. The van der Waals surface area contributed by atoms with Crippen LogP contribution in [0.3, 0.4) is 0 Å². The molecule has 2 heterocycles. The number of methoxy groups -OCH3 is 1. The van der Waals surface area contributed by atoms with Gasteiger partial charge in [0.2, 0.25) is 5.91 Å². The Labute approximate surface area is 156 Å². The van der Waals surface area contributed by atoms with Gasteiger partial charge >= 0.3 is 0 Å². The molecule has 9 heteroatoms. The summed E-state index contributed by atoms with van der Waals surface area (Å²) in [6.45, 7) is 1.92. The zero-order valence-electron chi connectivity index (χ0n) is 13.9. The van der Waals surface area contributed by atoms with E-state index < -0.39 is 9.84 Å². The van der Waals surface area contributed by atoms with Gasteiger partial charge in [0.25, 0.3) is 0 Å². The van der Waals surface area contributed by atoms with Gasteiger partial charge in [-0.25, -0.2) is 8.42 Å². The summed E-state index contributed by atoms with van der Waals surface area (Å²) in [5.41, 5.74) is 0.673. The normalized spacial score (nSPS) is 26.0. The van der Waals surface area contributed by atoms with Gasteiger partial charge in [-0.2, -0.15) is 4.99 Å². The highest BCUT2D eigenvalue weighted by Gasteiger charge is 2.50. The van der Waals surface area contributed by atoms with Crippen LogP contribution in [0.1, 0.15) is 19.8 Å². The molecule has 2 unspecified atom stereocenters. The second-order valence-electron chi connectivity index (χ2n) is 6.02. The van der Waals surface area contributed by atoms with Crippen molar-refractivity contribution in [2.75, 3.05) is 23.5 Å². The maximum absolute atomic E-state index is 12.1. The molecule has 2 aliphatic heterocycles. The molecule has 0 N–H and O–H groups in total. The number of carbonyl (C=O) groups excluding carboxylic acids is 1. The molecule has 0 spiro atoms. The third-order valence-electron chi connectivity index (χ3n) is 4.15. The van der Waals surface area contributed by atoms with Gasteiger partial charge in [0.15, 0.2) is 15.0 Å². The molecule has 136 valence electrons. The van der Waals surface area contributed by atoms with Crippen LogP contribution < -0.4 is 9.64 Å². The topological polar surface area (TPSA) is 76.0 Å². The van der Waals surface area contributed by atoms with E-state index in [4.69, 9.17) is 16.3 Å². The van der Waals surface area contributed by atoms with Gasteiger partial charge in [-0.15, -0.1) is 0 Å². The average Bonchev–Trinajstić information content (AvgIpc) is 2.98. The summed E-state index contributed by atoms with van der Waals surface area (Å²) in [6.07, 6.45) is 1.08. The number of fused-ring (bicyclic) bond motifs is 1. The van der Waals surface area contributed by atoms with Gasteiger partial charge < -0.3 is 9.64 Å². The van der Waals surface area contributed by atoms with Crippen molar-refractivity contribution in [3.63, 3.8) is 0 Å². The van der Waals surface area contributed by atoms with Crippen LogP contribution in [0.4, 0.5) is 5.69 Å². The van der Waals surface area contributed by atoms with Crippen LogP contribution >= 0.6 is 23.4 Å². The summed E-state index contributed by atoms with van der Waals surface area (Å²) in [4.78, 5) is 18.1. The Kier molecular flexibility index (Phi) is 5.31. The minimum absolute atomic E-state index is 0.0391. The van der Waals surface area contributed by atoms with E-state index in [2.05, 4.69) is 4.99 Å². The zero-order chi connectivity index (χ0) is 18.2. The summed E-state index contributed by atoms with van der Waals surface area (Å²) in [7, 11) is -1.58. The Hall–Kier alpha value is -1.25. The molecule has 2 saturated heterocycles. The van der Waals surface area contributed by atoms with E-state index in [9.17, 15) is 13.2 Å². The Morgan fingerprint density at radius 3 is 2.88 bits per heavy atom. The number of hydrogen-bond donors (Lipinski definition) is 0. The van der Waals surface area contributed by atoms with Gasteiger partial charge in [0.1, 0.15) is 5.75 Å². The van der Waals surface area contributed by atoms with Crippen molar-refractivity contribution in [2.24, 2.45) is 4.99 Å². The number of nitrogens with zero attached hydrogens (tertiary/aromatic N) is 2. The van der Waals surface area contributed by atoms with Gasteiger partial charge in [-0.05, 0) is 18.6 Å². The molecule has 0 bridgehead atoms. The highest BCUT2D eigenvalue weighted by Crippen LogP contribution is 2.44. The molecular weight excluding hydrogens is 384 g/mol. The van der Waals surface area contributed by atoms with Crippen LogP contribution in [0.25, 0.3) is 0 Å². The Morgan fingerprint density at radius 2 is 2.20 bits per heavy atom. The fourth-order valence-electron chi connectivity index (χ4n) is 3.07. The zero-order valence-corrected chi connectivity index (χ0v) is 16.3. The van der Waals surface area contributed by atoms with E-state index in [0.717, 1.165) is 0 Å². The van der Waals surface area contributed by atoms with E-state index in [1.165, 1.54) is 18.9 Å². The van der Waals surface area contributed by atoms with Gasteiger partial charge in [0, 0.05) is 22.8 Å². The fraction of sp³-hybridized carbons (Fsp3) is 0.500. The molecule has 2 aliphatic rings. The summed E-state index contributed by atoms with van der Waals surface area (Å²) in [5.74, 6) is 0.451. The van der Waals surface area contributed by atoms with Crippen molar-refractivity contribution in [3.05, 3.63) is 23.2 Å². The van der Waals surface area contributed by atoms with Crippen LogP contribution in [-0.4, -0.2) is 49.4 Å². The van der Waals surface area contributed by atoms with E-state index >= 15 is 0 Å². The van der Waals surface area contributed by atoms with Crippen LogP contribution in [0.2, 0.25) is 5.02 Å². The average molecular weight is 403 g/mol. The number of anilines is 1.